The minimum Gasteiger partial charge on any atom is -0.493 e. The first-order valence-electron chi connectivity index (χ1n) is 7.43. The van der Waals surface area contributed by atoms with Crippen LogP contribution in [0.15, 0.2) is 18.2 Å². The number of hydrogen-bond acceptors (Lipinski definition) is 5. The molecule has 5 nitrogen and oxygen atoms in total. The highest BCUT2D eigenvalue weighted by Gasteiger charge is 2.26. The molecule has 2 unspecified atom stereocenters. The van der Waals surface area contributed by atoms with Gasteiger partial charge in [0.2, 0.25) is 0 Å². The highest BCUT2D eigenvalue weighted by Crippen LogP contribution is 2.26. The standard InChI is InChI=1S/C16H21NO4/c1-11-7-17(8-14(10-18)21-11)9-15(19)12-2-3-16-13(6-12)4-5-20-16/h2-3,6,11,14,18H,4-5,7-10H2,1H3. The molecule has 1 aromatic carbocycles. The van der Waals surface area contributed by atoms with Crippen molar-refractivity contribution in [3.63, 3.8) is 0 Å². The van der Waals surface area contributed by atoms with Crippen molar-refractivity contribution in [1.29, 1.82) is 0 Å². The summed E-state index contributed by atoms with van der Waals surface area (Å²) in [6.07, 6.45) is 0.713. The monoisotopic (exact) mass is 291 g/mol. The molecule has 3 rings (SSSR count). The minimum atomic E-state index is -0.199. The third-order valence-electron chi connectivity index (χ3n) is 3.98. The molecule has 0 radical (unpaired) electrons. The Labute approximate surface area is 124 Å². The zero-order valence-electron chi connectivity index (χ0n) is 12.2. The Hall–Kier alpha value is -1.43. The number of benzene rings is 1. The Morgan fingerprint density at radius 2 is 2.29 bits per heavy atom. The van der Waals surface area contributed by atoms with Crippen LogP contribution in [0.3, 0.4) is 0 Å². The number of rotatable bonds is 4. The van der Waals surface area contributed by atoms with Crippen LogP contribution in [0.4, 0.5) is 0 Å². The highest BCUT2D eigenvalue weighted by molar-refractivity contribution is 5.98. The molecule has 0 aliphatic carbocycles. The Morgan fingerprint density at radius 1 is 1.43 bits per heavy atom. The summed E-state index contributed by atoms with van der Waals surface area (Å²) in [4.78, 5) is 14.5. The quantitative estimate of drug-likeness (QED) is 0.835. The first-order valence-corrected chi connectivity index (χ1v) is 7.43. The lowest BCUT2D eigenvalue weighted by Crippen LogP contribution is -2.49. The van der Waals surface area contributed by atoms with Gasteiger partial charge in [-0.3, -0.25) is 9.69 Å². The summed E-state index contributed by atoms with van der Waals surface area (Å²) in [5.41, 5.74) is 1.85. The molecular formula is C16H21NO4. The van der Waals surface area contributed by atoms with Gasteiger partial charge in [0.25, 0.3) is 0 Å². The zero-order valence-corrected chi connectivity index (χ0v) is 12.2. The maximum absolute atomic E-state index is 12.4. The number of hydrogen-bond donors (Lipinski definition) is 1. The number of carbonyl (C=O) groups is 1. The third kappa shape index (κ3) is 3.26. The molecule has 0 saturated carbocycles. The number of fused-ring (bicyclic) bond motifs is 1. The van der Waals surface area contributed by atoms with Gasteiger partial charge < -0.3 is 14.6 Å². The molecule has 2 aliphatic rings. The molecule has 1 aromatic rings. The van der Waals surface area contributed by atoms with Crippen LogP contribution in [-0.4, -0.2) is 60.8 Å². The van der Waals surface area contributed by atoms with Crippen molar-refractivity contribution >= 4 is 5.78 Å². The first kappa shape index (κ1) is 14.5. The van der Waals surface area contributed by atoms with E-state index in [-0.39, 0.29) is 24.6 Å². The smallest absolute Gasteiger partial charge is 0.176 e. The van der Waals surface area contributed by atoms with Crippen LogP contribution in [-0.2, 0) is 11.2 Å². The zero-order chi connectivity index (χ0) is 14.8. The van der Waals surface area contributed by atoms with Gasteiger partial charge >= 0.3 is 0 Å². The van der Waals surface area contributed by atoms with Crippen LogP contribution in [0, 0.1) is 0 Å². The van der Waals surface area contributed by atoms with Gasteiger partial charge in [-0.15, -0.1) is 0 Å². The van der Waals surface area contributed by atoms with Gasteiger partial charge in [0, 0.05) is 25.1 Å². The van der Waals surface area contributed by atoms with Gasteiger partial charge in [-0.2, -0.15) is 0 Å². The summed E-state index contributed by atoms with van der Waals surface area (Å²) in [6, 6.07) is 5.66. The molecule has 1 fully saturated rings. The SMILES string of the molecule is CC1CN(CC(=O)c2ccc3c(c2)CCO3)CC(CO)O1. The molecule has 114 valence electrons. The van der Waals surface area contributed by atoms with Crippen LogP contribution in [0.1, 0.15) is 22.8 Å². The van der Waals surface area contributed by atoms with Gasteiger partial charge in [-0.1, -0.05) is 0 Å². The van der Waals surface area contributed by atoms with E-state index in [1.54, 1.807) is 0 Å². The van der Waals surface area contributed by atoms with E-state index < -0.39 is 0 Å². The van der Waals surface area contributed by atoms with Crippen molar-refractivity contribution in [2.24, 2.45) is 0 Å². The van der Waals surface area contributed by atoms with Gasteiger partial charge in [0.1, 0.15) is 5.75 Å². The van der Waals surface area contributed by atoms with E-state index in [4.69, 9.17) is 9.47 Å². The molecule has 5 heteroatoms. The summed E-state index contributed by atoms with van der Waals surface area (Å²) in [5, 5.41) is 9.23. The number of morpholine rings is 1. The Balaban J connectivity index is 1.65. The van der Waals surface area contributed by atoms with E-state index in [2.05, 4.69) is 4.90 Å². The normalized spacial score (nSPS) is 25.4. The molecule has 2 aliphatic heterocycles. The van der Waals surface area contributed by atoms with E-state index in [9.17, 15) is 9.90 Å². The number of ketones is 1. The fourth-order valence-electron chi connectivity index (χ4n) is 3.02. The number of aliphatic hydroxyl groups excluding tert-OH is 1. The second-order valence-corrected chi connectivity index (χ2v) is 5.79. The van der Waals surface area contributed by atoms with Crippen LogP contribution >= 0.6 is 0 Å². The molecule has 1 N–H and O–H groups in total. The Kier molecular flexibility index (Phi) is 4.24. The fourth-order valence-corrected chi connectivity index (χ4v) is 3.02. The first-order chi connectivity index (χ1) is 10.2. The average Bonchev–Trinajstić information content (AvgIpc) is 2.93. The predicted molar refractivity (Wildman–Crippen MR) is 77.8 cm³/mol. The predicted octanol–water partition coefficient (Wildman–Crippen LogP) is 0.886. The van der Waals surface area contributed by atoms with Crippen molar-refractivity contribution in [3.8, 4) is 5.75 Å². The summed E-state index contributed by atoms with van der Waals surface area (Å²) in [7, 11) is 0. The molecule has 2 atom stereocenters. The van der Waals surface area contributed by atoms with Gasteiger partial charge in [0.05, 0.1) is 32.0 Å². The van der Waals surface area contributed by atoms with Gasteiger partial charge in [-0.25, -0.2) is 0 Å². The molecule has 0 bridgehead atoms. The van der Waals surface area contributed by atoms with Crippen molar-refractivity contribution in [1.82, 2.24) is 4.90 Å². The average molecular weight is 291 g/mol. The van der Waals surface area contributed by atoms with E-state index in [1.807, 2.05) is 25.1 Å². The van der Waals surface area contributed by atoms with Gasteiger partial charge in [-0.05, 0) is 30.7 Å². The van der Waals surface area contributed by atoms with E-state index >= 15 is 0 Å². The maximum atomic E-state index is 12.4. The number of carbonyl (C=O) groups excluding carboxylic acids is 1. The van der Waals surface area contributed by atoms with E-state index in [1.165, 1.54) is 0 Å². The van der Waals surface area contributed by atoms with Crippen molar-refractivity contribution in [2.75, 3.05) is 32.8 Å². The number of aliphatic hydroxyl groups is 1. The fraction of sp³-hybridized carbons (Fsp3) is 0.562. The second-order valence-electron chi connectivity index (χ2n) is 5.79. The van der Waals surface area contributed by atoms with Crippen molar-refractivity contribution in [3.05, 3.63) is 29.3 Å². The number of Topliss-reactive ketones (excluding diaryl/α,β-unsaturated/α-hetero) is 1. The number of nitrogens with zero attached hydrogens (tertiary/aromatic N) is 1. The van der Waals surface area contributed by atoms with Crippen molar-refractivity contribution < 1.29 is 19.4 Å². The molecule has 1 saturated heterocycles. The van der Waals surface area contributed by atoms with Gasteiger partial charge in [0.15, 0.2) is 5.78 Å². The van der Waals surface area contributed by atoms with Crippen LogP contribution in [0.2, 0.25) is 0 Å². The van der Waals surface area contributed by atoms with Crippen molar-refractivity contribution in [2.45, 2.75) is 25.6 Å². The summed E-state index contributed by atoms with van der Waals surface area (Å²) < 4.78 is 11.1. The Morgan fingerprint density at radius 3 is 3.10 bits per heavy atom. The lowest BCUT2D eigenvalue weighted by Gasteiger charge is -2.35. The molecule has 0 aromatic heterocycles. The summed E-state index contributed by atoms with van der Waals surface area (Å²) >= 11 is 0. The summed E-state index contributed by atoms with van der Waals surface area (Å²) in [6.45, 7) is 4.34. The summed E-state index contributed by atoms with van der Waals surface area (Å²) in [5.74, 6) is 1.00. The molecule has 0 amide bonds. The topological polar surface area (TPSA) is 59.0 Å². The molecule has 21 heavy (non-hydrogen) atoms. The van der Waals surface area contributed by atoms with E-state index in [0.717, 1.165) is 29.8 Å². The van der Waals surface area contributed by atoms with Crippen LogP contribution in [0.5, 0.6) is 5.75 Å². The Bertz CT molecular complexity index is 531. The third-order valence-corrected chi connectivity index (χ3v) is 3.98. The minimum absolute atomic E-state index is 0.00872. The lowest BCUT2D eigenvalue weighted by atomic mass is 10.0. The molecular weight excluding hydrogens is 270 g/mol. The van der Waals surface area contributed by atoms with Crippen LogP contribution < -0.4 is 4.74 Å². The largest absolute Gasteiger partial charge is 0.493 e. The maximum Gasteiger partial charge on any atom is 0.176 e. The second kappa shape index (κ2) is 6.13. The molecule has 2 heterocycles. The van der Waals surface area contributed by atoms with Crippen LogP contribution in [0.25, 0.3) is 0 Å². The number of ether oxygens (including phenoxy) is 2. The molecule has 0 spiro atoms. The highest BCUT2D eigenvalue weighted by atomic mass is 16.5. The van der Waals surface area contributed by atoms with E-state index in [0.29, 0.717) is 19.7 Å². The lowest BCUT2D eigenvalue weighted by molar-refractivity contribution is -0.0926.